The van der Waals surface area contributed by atoms with Crippen molar-refractivity contribution in [3.05, 3.63) is 11.6 Å². The fraction of sp³-hybridized carbons (Fsp3) is 0.818. The van der Waals surface area contributed by atoms with Gasteiger partial charge in [0.25, 0.3) is 0 Å². The molecule has 1 aliphatic rings. The average molecular weight is 193 g/mol. The molecule has 0 radical (unpaired) electrons. The van der Waals surface area contributed by atoms with Crippen LogP contribution >= 0.6 is 0 Å². The zero-order valence-corrected chi connectivity index (χ0v) is 9.38. The van der Waals surface area contributed by atoms with Crippen LogP contribution in [0.25, 0.3) is 0 Å². The average Bonchev–Trinajstić information content (AvgIpc) is 2.77. The van der Waals surface area contributed by atoms with Crippen molar-refractivity contribution in [2.75, 3.05) is 0 Å². The fourth-order valence-corrected chi connectivity index (χ4v) is 2.16. The van der Waals surface area contributed by atoms with Gasteiger partial charge < -0.3 is 4.57 Å². The topological polar surface area (TPSA) is 30.7 Å². The number of rotatable bonds is 3. The second-order valence-electron chi connectivity index (χ2n) is 4.46. The predicted molar refractivity (Wildman–Crippen MR) is 56.3 cm³/mol. The van der Waals surface area contributed by atoms with Crippen molar-refractivity contribution in [3.63, 3.8) is 0 Å². The summed E-state index contributed by atoms with van der Waals surface area (Å²) in [4.78, 5) is 0. The van der Waals surface area contributed by atoms with E-state index in [1.165, 1.54) is 18.1 Å². The highest BCUT2D eigenvalue weighted by Gasteiger charge is 2.31. The first-order chi connectivity index (χ1) is 6.71. The highest BCUT2D eigenvalue weighted by Crippen LogP contribution is 2.31. The minimum atomic E-state index is 0.218. The van der Waals surface area contributed by atoms with Crippen LogP contribution in [0.1, 0.15) is 51.7 Å². The van der Waals surface area contributed by atoms with Crippen LogP contribution < -0.4 is 0 Å². The largest absolute Gasteiger partial charge is 0.315 e. The van der Waals surface area contributed by atoms with Crippen LogP contribution in [0.3, 0.4) is 0 Å². The van der Waals surface area contributed by atoms with E-state index in [4.69, 9.17) is 0 Å². The first kappa shape index (κ1) is 9.69. The Hall–Kier alpha value is -0.860. The molecule has 2 rings (SSSR count). The highest BCUT2D eigenvalue weighted by molar-refractivity contribution is 5.11. The Labute approximate surface area is 85.5 Å². The Morgan fingerprint density at radius 1 is 1.29 bits per heavy atom. The Balaban J connectivity index is 2.40. The van der Waals surface area contributed by atoms with Crippen molar-refractivity contribution < 1.29 is 0 Å². The summed E-state index contributed by atoms with van der Waals surface area (Å²) in [5.74, 6) is 2.39. The van der Waals surface area contributed by atoms with Gasteiger partial charge in [-0.2, -0.15) is 0 Å². The molecule has 14 heavy (non-hydrogen) atoms. The van der Waals surface area contributed by atoms with E-state index in [9.17, 15) is 0 Å². The third-order valence-electron chi connectivity index (χ3n) is 3.71. The van der Waals surface area contributed by atoms with Gasteiger partial charge in [-0.05, 0) is 19.3 Å². The maximum atomic E-state index is 4.36. The maximum absolute atomic E-state index is 4.36. The van der Waals surface area contributed by atoms with Crippen LogP contribution in [0.15, 0.2) is 0 Å². The molecule has 0 saturated carbocycles. The SMILES string of the molecule is CCC(C)(CC)c1nnc2n1CCC2. The number of fused-ring (bicyclic) bond motifs is 1. The van der Waals surface area contributed by atoms with E-state index >= 15 is 0 Å². The number of nitrogens with zero attached hydrogens (tertiary/aromatic N) is 3. The van der Waals surface area contributed by atoms with Gasteiger partial charge >= 0.3 is 0 Å². The summed E-state index contributed by atoms with van der Waals surface area (Å²) >= 11 is 0. The molecule has 0 atom stereocenters. The second kappa shape index (κ2) is 3.37. The number of aromatic nitrogens is 3. The summed E-state index contributed by atoms with van der Waals surface area (Å²) in [5.41, 5.74) is 0.218. The molecule has 0 N–H and O–H groups in total. The summed E-state index contributed by atoms with van der Waals surface area (Å²) in [6.45, 7) is 7.88. The standard InChI is InChI=1S/C11H19N3/c1-4-11(3,5-2)10-13-12-9-7-6-8-14(9)10/h4-8H2,1-3H3. The Morgan fingerprint density at radius 2 is 2.00 bits per heavy atom. The van der Waals surface area contributed by atoms with E-state index in [-0.39, 0.29) is 5.41 Å². The number of hydrogen-bond acceptors (Lipinski definition) is 2. The fourth-order valence-electron chi connectivity index (χ4n) is 2.16. The third kappa shape index (κ3) is 1.26. The van der Waals surface area contributed by atoms with Crippen molar-refractivity contribution >= 4 is 0 Å². The normalized spacial score (nSPS) is 15.9. The first-order valence-electron chi connectivity index (χ1n) is 5.64. The quantitative estimate of drug-likeness (QED) is 0.737. The maximum Gasteiger partial charge on any atom is 0.138 e. The molecule has 78 valence electrons. The minimum absolute atomic E-state index is 0.218. The van der Waals surface area contributed by atoms with Gasteiger partial charge in [-0.1, -0.05) is 20.8 Å². The van der Waals surface area contributed by atoms with Gasteiger partial charge in [-0.25, -0.2) is 0 Å². The number of aryl methyl sites for hydroxylation is 1. The van der Waals surface area contributed by atoms with Crippen LogP contribution in [0.5, 0.6) is 0 Å². The van der Waals surface area contributed by atoms with Crippen molar-refractivity contribution in [1.29, 1.82) is 0 Å². The zero-order chi connectivity index (χ0) is 10.2. The van der Waals surface area contributed by atoms with Crippen molar-refractivity contribution in [2.45, 2.75) is 58.4 Å². The first-order valence-corrected chi connectivity index (χ1v) is 5.64. The molecule has 0 fully saturated rings. The second-order valence-corrected chi connectivity index (χ2v) is 4.46. The van der Waals surface area contributed by atoms with Crippen LogP contribution in [0, 0.1) is 0 Å². The summed E-state index contributed by atoms with van der Waals surface area (Å²) in [5, 5.41) is 8.64. The third-order valence-corrected chi connectivity index (χ3v) is 3.71. The van der Waals surface area contributed by atoms with Crippen LogP contribution in [0.4, 0.5) is 0 Å². The molecule has 1 aliphatic heterocycles. The van der Waals surface area contributed by atoms with Gasteiger partial charge in [0.1, 0.15) is 11.6 Å². The molecule has 0 amide bonds. The van der Waals surface area contributed by atoms with Gasteiger partial charge in [0, 0.05) is 18.4 Å². The molecule has 0 unspecified atom stereocenters. The van der Waals surface area contributed by atoms with E-state index in [1.807, 2.05) is 0 Å². The molecule has 3 heteroatoms. The Morgan fingerprint density at radius 3 is 2.64 bits per heavy atom. The summed E-state index contributed by atoms with van der Waals surface area (Å²) in [6, 6.07) is 0. The van der Waals surface area contributed by atoms with E-state index in [0.29, 0.717) is 0 Å². The monoisotopic (exact) mass is 193 g/mol. The molecule has 1 aromatic rings. The molecule has 1 aromatic heterocycles. The van der Waals surface area contributed by atoms with Gasteiger partial charge in [-0.15, -0.1) is 10.2 Å². The minimum Gasteiger partial charge on any atom is -0.315 e. The summed E-state index contributed by atoms with van der Waals surface area (Å²) < 4.78 is 2.33. The van der Waals surface area contributed by atoms with Crippen LogP contribution in [-0.2, 0) is 18.4 Å². The lowest BCUT2D eigenvalue weighted by molar-refractivity contribution is 0.392. The zero-order valence-electron chi connectivity index (χ0n) is 9.38. The van der Waals surface area contributed by atoms with Crippen molar-refractivity contribution in [2.24, 2.45) is 0 Å². The molecule has 0 aliphatic carbocycles. The smallest absolute Gasteiger partial charge is 0.138 e. The molecule has 3 nitrogen and oxygen atoms in total. The number of hydrogen-bond donors (Lipinski definition) is 0. The Bertz CT molecular complexity index is 323. The van der Waals surface area contributed by atoms with E-state index in [1.54, 1.807) is 0 Å². The van der Waals surface area contributed by atoms with Crippen LogP contribution in [0.2, 0.25) is 0 Å². The van der Waals surface area contributed by atoms with Crippen molar-refractivity contribution in [3.8, 4) is 0 Å². The molecular formula is C11H19N3. The lowest BCUT2D eigenvalue weighted by Gasteiger charge is -2.25. The van der Waals surface area contributed by atoms with Gasteiger partial charge in [0.05, 0.1) is 0 Å². The summed E-state index contributed by atoms with van der Waals surface area (Å²) in [7, 11) is 0. The van der Waals surface area contributed by atoms with Crippen molar-refractivity contribution in [1.82, 2.24) is 14.8 Å². The van der Waals surface area contributed by atoms with Gasteiger partial charge in [-0.3, -0.25) is 0 Å². The molecule has 0 saturated heterocycles. The molecule has 0 aromatic carbocycles. The van der Waals surface area contributed by atoms with E-state index in [0.717, 1.165) is 25.8 Å². The van der Waals surface area contributed by atoms with Gasteiger partial charge in [0.2, 0.25) is 0 Å². The predicted octanol–water partition coefficient (Wildman–Crippen LogP) is 2.30. The van der Waals surface area contributed by atoms with Gasteiger partial charge in [0.15, 0.2) is 0 Å². The highest BCUT2D eigenvalue weighted by atomic mass is 15.3. The molecule has 0 bridgehead atoms. The molecule has 0 spiro atoms. The van der Waals surface area contributed by atoms with E-state index in [2.05, 4.69) is 35.5 Å². The summed E-state index contributed by atoms with van der Waals surface area (Å²) in [6.07, 6.45) is 4.63. The Kier molecular flexibility index (Phi) is 2.33. The molecular weight excluding hydrogens is 174 g/mol. The lowest BCUT2D eigenvalue weighted by Crippen LogP contribution is -2.24. The van der Waals surface area contributed by atoms with Crippen LogP contribution in [-0.4, -0.2) is 14.8 Å². The lowest BCUT2D eigenvalue weighted by atomic mass is 9.84. The molecule has 2 heterocycles. The van der Waals surface area contributed by atoms with E-state index < -0.39 is 0 Å².